The molecule has 0 spiro atoms. The number of halogens is 3. The van der Waals surface area contributed by atoms with Crippen molar-refractivity contribution in [3.05, 3.63) is 42.5 Å². The number of nitrogens with one attached hydrogen (secondary N) is 1. The molecule has 3 N–H and O–H groups in total. The molecule has 0 atom stereocenters. The number of nitrogens with two attached hydrogens (primary N) is 1. The fourth-order valence-electron chi connectivity index (χ4n) is 3.39. The second kappa shape index (κ2) is 8.10. The largest absolute Gasteiger partial charge is 0.573 e. The second-order valence-electron chi connectivity index (χ2n) is 6.73. The third-order valence-electron chi connectivity index (χ3n) is 4.53. The summed E-state index contributed by atoms with van der Waals surface area (Å²) in [5.41, 5.74) is 9.01. The molecule has 2 aromatic carbocycles. The van der Waals surface area contributed by atoms with E-state index in [2.05, 4.69) is 9.46 Å². The number of rotatable bonds is 7. The number of nitrogen functional groups attached to an aromatic ring is 1. The number of fused-ring (bicyclic) bond motifs is 1. The summed E-state index contributed by atoms with van der Waals surface area (Å²) in [7, 11) is -3.41. The summed E-state index contributed by atoms with van der Waals surface area (Å²) >= 11 is 0. The number of aryl methyl sites for hydroxylation is 1. The van der Waals surface area contributed by atoms with Crippen molar-refractivity contribution in [2.24, 2.45) is 0 Å². The van der Waals surface area contributed by atoms with Gasteiger partial charge in [0.25, 0.3) is 0 Å². The van der Waals surface area contributed by atoms with Crippen LogP contribution in [0.25, 0.3) is 22.2 Å². The number of anilines is 2. The average molecular weight is 441 g/mol. The third kappa shape index (κ3) is 4.64. The molecule has 6 nitrogen and oxygen atoms in total. The van der Waals surface area contributed by atoms with Gasteiger partial charge < -0.3 is 15.0 Å². The monoisotopic (exact) mass is 441 g/mol. The molecule has 30 heavy (non-hydrogen) atoms. The molecule has 0 amide bonds. The van der Waals surface area contributed by atoms with Crippen molar-refractivity contribution in [1.29, 1.82) is 0 Å². The van der Waals surface area contributed by atoms with Crippen LogP contribution in [0.3, 0.4) is 0 Å². The molecule has 162 valence electrons. The molecule has 1 heterocycles. The highest BCUT2D eigenvalue weighted by Crippen LogP contribution is 2.38. The Labute approximate surface area is 172 Å². The van der Waals surface area contributed by atoms with Crippen molar-refractivity contribution in [2.45, 2.75) is 33.2 Å². The van der Waals surface area contributed by atoms with E-state index in [-0.39, 0.29) is 11.5 Å². The van der Waals surface area contributed by atoms with Gasteiger partial charge in [-0.15, -0.1) is 13.2 Å². The molecule has 0 saturated carbocycles. The molecular weight excluding hydrogens is 419 g/mol. The fourth-order valence-corrected chi connectivity index (χ4v) is 4.52. The molecule has 0 fully saturated rings. The van der Waals surface area contributed by atoms with Crippen molar-refractivity contribution in [3.63, 3.8) is 0 Å². The molecule has 0 radical (unpaired) electrons. The first kappa shape index (κ1) is 21.8. The van der Waals surface area contributed by atoms with Crippen LogP contribution >= 0.6 is 0 Å². The highest BCUT2D eigenvalue weighted by molar-refractivity contribution is 7.92. The van der Waals surface area contributed by atoms with Crippen molar-refractivity contribution in [3.8, 4) is 17.0 Å². The first-order chi connectivity index (χ1) is 14.0. The third-order valence-corrected chi connectivity index (χ3v) is 6.02. The molecule has 0 bridgehead atoms. The Morgan fingerprint density at radius 3 is 2.33 bits per heavy atom. The smallest absolute Gasteiger partial charge is 0.406 e. The maximum absolute atomic E-state index is 12.6. The quantitative estimate of drug-likeness (QED) is 0.543. The normalized spacial score (nSPS) is 12.3. The zero-order valence-corrected chi connectivity index (χ0v) is 17.3. The van der Waals surface area contributed by atoms with Gasteiger partial charge in [0.1, 0.15) is 5.75 Å². The van der Waals surface area contributed by atoms with Gasteiger partial charge in [-0.25, -0.2) is 8.42 Å². The molecular formula is C20H22F3N3O3S. The van der Waals surface area contributed by atoms with Crippen LogP contribution in [0.4, 0.5) is 24.5 Å². The lowest BCUT2D eigenvalue weighted by Crippen LogP contribution is -2.17. The van der Waals surface area contributed by atoms with Gasteiger partial charge in [0.05, 0.1) is 22.7 Å². The molecule has 0 unspecified atom stereocenters. The summed E-state index contributed by atoms with van der Waals surface area (Å²) in [6.07, 6.45) is -4.28. The first-order valence-corrected chi connectivity index (χ1v) is 11.0. The van der Waals surface area contributed by atoms with Crippen molar-refractivity contribution < 1.29 is 26.3 Å². The minimum Gasteiger partial charge on any atom is -0.406 e. The van der Waals surface area contributed by atoms with E-state index in [4.69, 9.17) is 5.73 Å². The Morgan fingerprint density at radius 2 is 1.77 bits per heavy atom. The molecule has 10 heteroatoms. The Morgan fingerprint density at radius 1 is 1.10 bits per heavy atom. The molecule has 0 aliphatic rings. The lowest BCUT2D eigenvalue weighted by Gasteiger charge is -2.12. The average Bonchev–Trinajstić information content (AvgIpc) is 2.92. The maximum atomic E-state index is 12.6. The summed E-state index contributed by atoms with van der Waals surface area (Å²) in [5, 5.41) is 0.606. The van der Waals surface area contributed by atoms with Crippen LogP contribution < -0.4 is 15.2 Å². The van der Waals surface area contributed by atoms with Gasteiger partial charge in [-0.1, -0.05) is 19.1 Å². The van der Waals surface area contributed by atoms with Crippen LogP contribution in [0.5, 0.6) is 5.75 Å². The van der Waals surface area contributed by atoms with Gasteiger partial charge in [0.2, 0.25) is 10.0 Å². The highest BCUT2D eigenvalue weighted by Gasteiger charge is 2.31. The van der Waals surface area contributed by atoms with Gasteiger partial charge >= 0.3 is 6.36 Å². The number of benzene rings is 2. The summed E-state index contributed by atoms with van der Waals surface area (Å²) in [4.78, 5) is 0. The van der Waals surface area contributed by atoms with Gasteiger partial charge in [-0.3, -0.25) is 4.72 Å². The van der Waals surface area contributed by atoms with E-state index in [0.29, 0.717) is 46.5 Å². The predicted octanol–water partition coefficient (Wildman–Crippen LogP) is 4.96. The van der Waals surface area contributed by atoms with Crippen LogP contribution in [0.15, 0.2) is 42.5 Å². The minimum absolute atomic E-state index is 0.0219. The number of hydrogen-bond donors (Lipinski definition) is 2. The maximum Gasteiger partial charge on any atom is 0.573 e. The molecule has 1 aromatic heterocycles. The number of aromatic nitrogens is 1. The summed E-state index contributed by atoms with van der Waals surface area (Å²) in [6.45, 7) is 4.09. The standard InChI is InChI=1S/C20H22F3N3O3S/c1-3-11-30(27,28)25-14-7-5-13(6-8-14)19-18(24)16-10-9-15(29-20(21,22)23)12-17(16)26(19)4-2/h5-10,12,25H,3-4,11,24H2,1-2H3. The Bertz CT molecular complexity index is 1150. The van der Waals surface area contributed by atoms with Gasteiger partial charge in [-0.05, 0) is 37.6 Å². The Kier molecular flexibility index (Phi) is 5.89. The predicted molar refractivity (Wildman–Crippen MR) is 112 cm³/mol. The topological polar surface area (TPSA) is 86.3 Å². The van der Waals surface area contributed by atoms with Gasteiger partial charge in [-0.2, -0.15) is 0 Å². The van der Waals surface area contributed by atoms with E-state index in [1.807, 2.05) is 6.92 Å². The van der Waals surface area contributed by atoms with E-state index in [1.54, 1.807) is 35.8 Å². The summed E-state index contributed by atoms with van der Waals surface area (Å²) in [6, 6.07) is 10.7. The van der Waals surface area contributed by atoms with E-state index in [1.165, 1.54) is 18.2 Å². The van der Waals surface area contributed by atoms with Crippen LogP contribution in [0, 0.1) is 0 Å². The van der Waals surface area contributed by atoms with E-state index in [0.717, 1.165) is 0 Å². The zero-order chi connectivity index (χ0) is 22.1. The number of ether oxygens (including phenoxy) is 1. The number of alkyl halides is 3. The molecule has 0 aliphatic carbocycles. The molecule has 3 rings (SSSR count). The van der Waals surface area contributed by atoms with Crippen LogP contribution in [-0.4, -0.2) is 25.1 Å². The van der Waals surface area contributed by atoms with Crippen LogP contribution in [-0.2, 0) is 16.6 Å². The van der Waals surface area contributed by atoms with Crippen molar-refractivity contribution in [1.82, 2.24) is 4.57 Å². The minimum atomic E-state index is -4.79. The van der Waals surface area contributed by atoms with Crippen molar-refractivity contribution in [2.75, 3.05) is 16.2 Å². The Hall–Kier alpha value is -2.88. The Balaban J connectivity index is 2.02. The molecule has 0 saturated heterocycles. The zero-order valence-electron chi connectivity index (χ0n) is 16.5. The SMILES string of the molecule is CCCS(=O)(=O)Nc1ccc(-c2c(N)c3ccc(OC(F)(F)F)cc3n2CC)cc1. The first-order valence-electron chi connectivity index (χ1n) is 9.33. The number of sulfonamides is 1. The van der Waals surface area contributed by atoms with E-state index >= 15 is 0 Å². The molecule has 0 aliphatic heterocycles. The highest BCUT2D eigenvalue weighted by atomic mass is 32.2. The van der Waals surface area contributed by atoms with Crippen LogP contribution in [0.1, 0.15) is 20.3 Å². The van der Waals surface area contributed by atoms with Crippen molar-refractivity contribution >= 4 is 32.3 Å². The van der Waals surface area contributed by atoms with Crippen LogP contribution in [0.2, 0.25) is 0 Å². The van der Waals surface area contributed by atoms with Gasteiger partial charge in [0.15, 0.2) is 0 Å². The number of nitrogens with zero attached hydrogens (tertiary/aromatic N) is 1. The summed E-state index contributed by atoms with van der Waals surface area (Å²) in [5.74, 6) is -0.303. The number of hydrogen-bond acceptors (Lipinski definition) is 4. The van der Waals surface area contributed by atoms with E-state index < -0.39 is 16.4 Å². The molecule has 3 aromatic rings. The lowest BCUT2D eigenvalue weighted by atomic mass is 10.1. The fraction of sp³-hybridized carbons (Fsp3) is 0.300. The summed E-state index contributed by atoms with van der Waals surface area (Å²) < 4.78 is 69.9. The van der Waals surface area contributed by atoms with E-state index in [9.17, 15) is 21.6 Å². The second-order valence-corrected chi connectivity index (χ2v) is 8.57. The lowest BCUT2D eigenvalue weighted by molar-refractivity contribution is -0.274. The van der Waals surface area contributed by atoms with Gasteiger partial charge in [0, 0.05) is 29.2 Å².